The van der Waals surface area contributed by atoms with Crippen LogP contribution < -0.4 is 5.73 Å². The normalized spacial score (nSPS) is 36.9. The summed E-state index contributed by atoms with van der Waals surface area (Å²) in [6, 6.07) is 0. The fourth-order valence-electron chi connectivity index (χ4n) is 5.04. The molecule has 0 radical (unpaired) electrons. The second-order valence-electron chi connectivity index (χ2n) is 8.50. The Morgan fingerprint density at radius 3 is 2.39 bits per heavy atom. The lowest BCUT2D eigenvalue weighted by molar-refractivity contribution is -0.230. The highest BCUT2D eigenvalue weighted by Crippen LogP contribution is 2.58. The number of fused-ring (bicyclic) bond motifs is 1. The number of rotatable bonds is 2. The van der Waals surface area contributed by atoms with E-state index >= 15 is 0 Å². The molecule has 0 spiro atoms. The zero-order valence-electron chi connectivity index (χ0n) is 15.0. The molecule has 2 heterocycles. The van der Waals surface area contributed by atoms with Crippen molar-refractivity contribution in [2.75, 3.05) is 19.7 Å². The second-order valence-corrected chi connectivity index (χ2v) is 8.50. The van der Waals surface area contributed by atoms with Crippen LogP contribution in [0.2, 0.25) is 0 Å². The van der Waals surface area contributed by atoms with Gasteiger partial charge in [0.1, 0.15) is 5.54 Å². The van der Waals surface area contributed by atoms with Gasteiger partial charge in [-0.05, 0) is 37.5 Å². The van der Waals surface area contributed by atoms with Crippen LogP contribution in [0.4, 0.5) is 0 Å². The van der Waals surface area contributed by atoms with E-state index in [1.54, 1.807) is 0 Å². The van der Waals surface area contributed by atoms with E-state index in [9.17, 15) is 4.79 Å². The molecule has 3 aliphatic rings. The van der Waals surface area contributed by atoms with Crippen molar-refractivity contribution in [3.63, 3.8) is 0 Å². The molecule has 1 saturated carbocycles. The molecule has 134 valence electrons. The van der Waals surface area contributed by atoms with Crippen LogP contribution in [0, 0.1) is 23.2 Å². The molecule has 1 aliphatic carbocycles. The van der Waals surface area contributed by atoms with Crippen molar-refractivity contribution in [1.29, 1.82) is 0 Å². The van der Waals surface area contributed by atoms with Gasteiger partial charge in [-0.15, -0.1) is 12.4 Å². The zero-order chi connectivity index (χ0) is 16.1. The number of nitrogens with zero attached hydrogens (tertiary/aromatic N) is 1. The topological polar surface area (TPSA) is 55.6 Å². The number of hydrogen-bond acceptors (Lipinski definition) is 3. The number of piperidine rings is 1. The molecule has 0 aromatic heterocycles. The van der Waals surface area contributed by atoms with Crippen molar-refractivity contribution in [2.45, 2.75) is 65.0 Å². The third-order valence-corrected chi connectivity index (χ3v) is 6.81. The third kappa shape index (κ3) is 2.71. The van der Waals surface area contributed by atoms with Gasteiger partial charge < -0.3 is 15.4 Å². The van der Waals surface area contributed by atoms with Crippen molar-refractivity contribution in [3.8, 4) is 0 Å². The van der Waals surface area contributed by atoms with Crippen LogP contribution in [0.3, 0.4) is 0 Å². The van der Waals surface area contributed by atoms with E-state index in [2.05, 4.69) is 27.7 Å². The van der Waals surface area contributed by atoms with Crippen LogP contribution in [0.1, 0.15) is 53.4 Å². The summed E-state index contributed by atoms with van der Waals surface area (Å²) in [4.78, 5) is 15.2. The Bertz CT molecular complexity index is 446. The molecule has 2 N–H and O–H groups in total. The average molecular weight is 345 g/mol. The number of amides is 1. The first-order valence-electron chi connectivity index (χ1n) is 9.00. The monoisotopic (exact) mass is 344 g/mol. The molecular formula is C18H33ClN2O2. The molecule has 23 heavy (non-hydrogen) atoms. The highest BCUT2D eigenvalue weighted by molar-refractivity contribution is 5.89. The molecule has 3 atom stereocenters. The Balaban J connectivity index is 0.00000192. The van der Waals surface area contributed by atoms with Gasteiger partial charge in [-0.1, -0.05) is 27.7 Å². The SMILES string of the molecule is CC(C)C1CCN(C(=O)C2(N)C3CCCOC3C2(C)C)CC1.Cl. The molecule has 0 bridgehead atoms. The van der Waals surface area contributed by atoms with E-state index in [0.717, 1.165) is 51.3 Å². The van der Waals surface area contributed by atoms with E-state index in [4.69, 9.17) is 10.5 Å². The second kappa shape index (κ2) is 6.53. The van der Waals surface area contributed by atoms with Crippen LogP contribution in [-0.4, -0.2) is 42.1 Å². The van der Waals surface area contributed by atoms with E-state index in [1.807, 2.05) is 4.90 Å². The van der Waals surface area contributed by atoms with Gasteiger partial charge in [0.25, 0.3) is 0 Å². The fourth-order valence-corrected chi connectivity index (χ4v) is 5.04. The van der Waals surface area contributed by atoms with Crippen molar-refractivity contribution in [2.24, 2.45) is 28.9 Å². The first-order chi connectivity index (χ1) is 10.3. The lowest BCUT2D eigenvalue weighted by Gasteiger charge is -2.66. The molecule has 0 aromatic rings. The van der Waals surface area contributed by atoms with Crippen molar-refractivity contribution < 1.29 is 9.53 Å². The van der Waals surface area contributed by atoms with Gasteiger partial charge in [0.05, 0.1) is 6.10 Å². The van der Waals surface area contributed by atoms with Gasteiger partial charge in [0.15, 0.2) is 0 Å². The van der Waals surface area contributed by atoms with E-state index in [-0.39, 0.29) is 35.8 Å². The largest absolute Gasteiger partial charge is 0.377 e. The third-order valence-electron chi connectivity index (χ3n) is 6.81. The maximum Gasteiger partial charge on any atom is 0.243 e. The van der Waals surface area contributed by atoms with E-state index in [0.29, 0.717) is 5.92 Å². The van der Waals surface area contributed by atoms with Crippen molar-refractivity contribution >= 4 is 18.3 Å². The van der Waals surface area contributed by atoms with Crippen LogP contribution in [-0.2, 0) is 9.53 Å². The van der Waals surface area contributed by atoms with E-state index < -0.39 is 5.54 Å². The van der Waals surface area contributed by atoms with E-state index in [1.165, 1.54) is 0 Å². The number of nitrogens with two attached hydrogens (primary N) is 1. The Hall–Kier alpha value is -0.320. The molecule has 3 rings (SSSR count). The molecule has 2 aliphatic heterocycles. The molecule has 4 nitrogen and oxygen atoms in total. The summed E-state index contributed by atoms with van der Waals surface area (Å²) in [7, 11) is 0. The minimum Gasteiger partial charge on any atom is -0.377 e. The maximum absolute atomic E-state index is 13.2. The lowest BCUT2D eigenvalue weighted by Crippen LogP contribution is -2.82. The highest BCUT2D eigenvalue weighted by atomic mass is 35.5. The summed E-state index contributed by atoms with van der Waals surface area (Å²) in [6.45, 7) is 11.3. The van der Waals surface area contributed by atoms with Crippen molar-refractivity contribution in [1.82, 2.24) is 4.90 Å². The van der Waals surface area contributed by atoms with Crippen molar-refractivity contribution in [3.05, 3.63) is 0 Å². The van der Waals surface area contributed by atoms with Crippen LogP contribution in [0.5, 0.6) is 0 Å². The maximum atomic E-state index is 13.2. The number of ether oxygens (including phenoxy) is 1. The Morgan fingerprint density at radius 1 is 1.22 bits per heavy atom. The minimum absolute atomic E-state index is 0. The summed E-state index contributed by atoms with van der Waals surface area (Å²) >= 11 is 0. The van der Waals surface area contributed by atoms with Gasteiger partial charge >= 0.3 is 0 Å². The molecule has 5 heteroatoms. The number of carbonyl (C=O) groups is 1. The van der Waals surface area contributed by atoms with Gasteiger partial charge in [-0.2, -0.15) is 0 Å². The fraction of sp³-hybridized carbons (Fsp3) is 0.944. The standard InChI is InChI=1S/C18H32N2O2.ClH/c1-12(2)13-7-9-20(10-8-13)16(21)18(19)14-6-5-11-22-15(14)17(18,3)4;/h12-15H,5-11,19H2,1-4H3;1H. The summed E-state index contributed by atoms with van der Waals surface area (Å²) in [5, 5.41) is 0. The van der Waals surface area contributed by atoms with Crippen LogP contribution in [0.25, 0.3) is 0 Å². The summed E-state index contributed by atoms with van der Waals surface area (Å²) in [6.07, 6.45) is 4.44. The Kier molecular flexibility index (Phi) is 5.40. The van der Waals surface area contributed by atoms with Gasteiger partial charge in [-0.3, -0.25) is 4.79 Å². The number of likely N-dealkylation sites (tertiary alicyclic amines) is 1. The summed E-state index contributed by atoms with van der Waals surface area (Å²) in [5.74, 6) is 1.83. The molecule has 3 unspecified atom stereocenters. The van der Waals surface area contributed by atoms with Gasteiger partial charge in [0, 0.05) is 31.0 Å². The lowest BCUT2D eigenvalue weighted by atomic mass is 9.46. The molecule has 1 amide bonds. The number of hydrogen-bond donors (Lipinski definition) is 1. The molecule has 0 aromatic carbocycles. The minimum atomic E-state index is -0.733. The highest BCUT2D eigenvalue weighted by Gasteiger charge is 2.70. The first-order valence-corrected chi connectivity index (χ1v) is 9.00. The quantitative estimate of drug-likeness (QED) is 0.838. The average Bonchev–Trinajstić information content (AvgIpc) is 2.53. The number of halogens is 1. The predicted molar refractivity (Wildman–Crippen MR) is 94.6 cm³/mol. The van der Waals surface area contributed by atoms with Crippen LogP contribution >= 0.6 is 12.4 Å². The van der Waals surface area contributed by atoms with Gasteiger partial charge in [0.2, 0.25) is 5.91 Å². The Morgan fingerprint density at radius 2 is 1.83 bits per heavy atom. The predicted octanol–water partition coefficient (Wildman–Crippen LogP) is 2.84. The summed E-state index contributed by atoms with van der Waals surface area (Å²) < 4.78 is 5.92. The number of carbonyl (C=O) groups excluding carboxylic acids is 1. The molecule has 3 fully saturated rings. The molecule has 2 saturated heterocycles. The molecular weight excluding hydrogens is 312 g/mol. The van der Waals surface area contributed by atoms with Gasteiger partial charge in [-0.25, -0.2) is 0 Å². The smallest absolute Gasteiger partial charge is 0.243 e. The zero-order valence-corrected chi connectivity index (χ0v) is 15.8. The first kappa shape index (κ1) is 19.0. The summed E-state index contributed by atoms with van der Waals surface area (Å²) in [5.41, 5.74) is 5.74. The van der Waals surface area contributed by atoms with Crippen LogP contribution in [0.15, 0.2) is 0 Å². The Labute approximate surface area is 146 Å².